The summed E-state index contributed by atoms with van der Waals surface area (Å²) in [4.78, 5) is 11.3. The van der Waals surface area contributed by atoms with E-state index in [4.69, 9.17) is 4.74 Å². The van der Waals surface area contributed by atoms with E-state index in [2.05, 4.69) is 12.3 Å². The third-order valence-electron chi connectivity index (χ3n) is 1.99. The van der Waals surface area contributed by atoms with E-state index < -0.39 is 0 Å². The molecule has 0 saturated heterocycles. The minimum atomic E-state index is -0.304. The van der Waals surface area contributed by atoms with Crippen LogP contribution < -0.4 is 0 Å². The highest BCUT2D eigenvalue weighted by Gasteiger charge is 2.28. The third-order valence-corrected chi connectivity index (χ3v) is 1.99. The van der Waals surface area contributed by atoms with Crippen LogP contribution in [0, 0.1) is 0 Å². The molecule has 2 nitrogen and oxygen atoms in total. The monoisotopic (exact) mass is 172 g/mol. The molecular weight excluding hydrogens is 164 g/mol. The summed E-state index contributed by atoms with van der Waals surface area (Å²) in [6, 6.07) is 7.33. The molecule has 1 atom stereocenters. The van der Waals surface area contributed by atoms with Crippen LogP contribution in [0.15, 0.2) is 42.7 Å². The minimum Gasteiger partial charge on any atom is -0.449 e. The Morgan fingerprint density at radius 2 is 2.23 bits per heavy atom. The first-order valence-corrected chi connectivity index (χ1v) is 3.99. The molecule has 2 rings (SSSR count). The maximum Gasteiger partial charge on any atom is 0.339 e. The van der Waals surface area contributed by atoms with Crippen molar-refractivity contribution in [3.05, 3.63) is 53.8 Å². The molecule has 1 aliphatic rings. The molecule has 1 aliphatic heterocycles. The Bertz CT molecular complexity index is 400. The molecule has 1 heterocycles. The second kappa shape index (κ2) is 2.92. The lowest BCUT2D eigenvalue weighted by atomic mass is 10.1. The molecular formula is C11H8O2. The number of esters is 1. The highest BCUT2D eigenvalue weighted by Crippen LogP contribution is 2.30. The second-order valence-corrected chi connectivity index (χ2v) is 2.78. The van der Waals surface area contributed by atoms with Crippen molar-refractivity contribution < 1.29 is 9.53 Å². The van der Waals surface area contributed by atoms with Crippen molar-refractivity contribution in [2.75, 3.05) is 0 Å². The van der Waals surface area contributed by atoms with Crippen molar-refractivity contribution >= 4 is 5.97 Å². The molecule has 2 heteroatoms. The Morgan fingerprint density at radius 1 is 1.46 bits per heavy atom. The molecule has 0 aliphatic carbocycles. The van der Waals surface area contributed by atoms with E-state index in [9.17, 15) is 4.79 Å². The summed E-state index contributed by atoms with van der Waals surface area (Å²) in [5.41, 5.74) is 4.15. The highest BCUT2D eigenvalue weighted by molar-refractivity contribution is 5.94. The van der Waals surface area contributed by atoms with Gasteiger partial charge in [0.15, 0.2) is 6.10 Å². The van der Waals surface area contributed by atoms with E-state index in [1.807, 2.05) is 18.2 Å². The topological polar surface area (TPSA) is 26.3 Å². The van der Waals surface area contributed by atoms with Gasteiger partial charge in [-0.2, -0.15) is 0 Å². The Balaban J connectivity index is 2.52. The van der Waals surface area contributed by atoms with Gasteiger partial charge < -0.3 is 4.74 Å². The second-order valence-electron chi connectivity index (χ2n) is 2.78. The molecule has 1 aromatic carbocycles. The van der Waals surface area contributed by atoms with Gasteiger partial charge in [0.1, 0.15) is 0 Å². The van der Waals surface area contributed by atoms with Crippen molar-refractivity contribution in [2.45, 2.75) is 6.10 Å². The number of benzene rings is 1. The van der Waals surface area contributed by atoms with Crippen LogP contribution in [0.3, 0.4) is 0 Å². The SMILES string of the molecule is C=C=CC1OC(=O)c2ccccc21. The number of ether oxygens (including phenoxy) is 1. The van der Waals surface area contributed by atoms with Crippen LogP contribution in [0.25, 0.3) is 0 Å². The predicted octanol–water partition coefficient (Wildman–Crippen LogP) is 2.24. The van der Waals surface area contributed by atoms with Gasteiger partial charge in [0, 0.05) is 11.6 Å². The summed E-state index contributed by atoms with van der Waals surface area (Å²) < 4.78 is 5.08. The molecule has 0 radical (unpaired) electrons. The Morgan fingerprint density at radius 3 is 3.00 bits per heavy atom. The zero-order valence-corrected chi connectivity index (χ0v) is 6.99. The first-order chi connectivity index (χ1) is 6.33. The van der Waals surface area contributed by atoms with Crippen molar-refractivity contribution in [3.8, 4) is 0 Å². The van der Waals surface area contributed by atoms with Crippen LogP contribution in [0.4, 0.5) is 0 Å². The quantitative estimate of drug-likeness (QED) is 0.479. The molecule has 0 spiro atoms. The number of hydrogen-bond donors (Lipinski definition) is 0. The van der Waals surface area contributed by atoms with E-state index in [0.717, 1.165) is 5.56 Å². The van der Waals surface area contributed by atoms with Gasteiger partial charge in [-0.05, 0) is 6.07 Å². The summed E-state index contributed by atoms with van der Waals surface area (Å²) in [6.45, 7) is 3.45. The normalized spacial score (nSPS) is 18.8. The first kappa shape index (κ1) is 7.84. The lowest BCUT2D eigenvalue weighted by molar-refractivity contribution is 0.0467. The summed E-state index contributed by atoms with van der Waals surface area (Å²) >= 11 is 0. The highest BCUT2D eigenvalue weighted by atomic mass is 16.5. The molecule has 13 heavy (non-hydrogen) atoms. The Hall–Kier alpha value is -1.79. The van der Waals surface area contributed by atoms with Crippen LogP contribution in [0.1, 0.15) is 22.0 Å². The zero-order chi connectivity index (χ0) is 9.26. The average Bonchev–Trinajstić information content (AvgIpc) is 2.46. The number of cyclic esters (lactones) is 1. The molecule has 0 amide bonds. The molecule has 1 aromatic rings. The molecule has 0 saturated carbocycles. The largest absolute Gasteiger partial charge is 0.449 e. The van der Waals surface area contributed by atoms with Gasteiger partial charge in [-0.1, -0.05) is 24.8 Å². The van der Waals surface area contributed by atoms with Crippen LogP contribution in [0.5, 0.6) is 0 Å². The van der Waals surface area contributed by atoms with E-state index in [1.54, 1.807) is 12.1 Å². The molecule has 0 bridgehead atoms. The van der Waals surface area contributed by atoms with Gasteiger partial charge in [-0.25, -0.2) is 4.79 Å². The van der Waals surface area contributed by atoms with Crippen molar-refractivity contribution in [1.29, 1.82) is 0 Å². The number of carbonyl (C=O) groups is 1. The van der Waals surface area contributed by atoms with Gasteiger partial charge in [0.2, 0.25) is 0 Å². The van der Waals surface area contributed by atoms with Crippen LogP contribution in [0.2, 0.25) is 0 Å². The lowest BCUT2D eigenvalue weighted by Crippen LogP contribution is -1.94. The fourth-order valence-corrected chi connectivity index (χ4v) is 1.40. The van der Waals surface area contributed by atoms with E-state index in [0.29, 0.717) is 5.56 Å². The van der Waals surface area contributed by atoms with E-state index >= 15 is 0 Å². The number of rotatable bonds is 1. The maximum absolute atomic E-state index is 11.3. The summed E-state index contributed by atoms with van der Waals surface area (Å²) in [5, 5.41) is 0. The standard InChI is InChI=1S/C11H8O2/c1-2-5-10-8-6-3-4-7-9(8)11(12)13-10/h3-7,10H,1H2. The molecule has 0 N–H and O–H groups in total. The van der Waals surface area contributed by atoms with Crippen molar-refractivity contribution in [1.82, 2.24) is 0 Å². The van der Waals surface area contributed by atoms with Gasteiger partial charge in [0.25, 0.3) is 0 Å². The molecule has 0 fully saturated rings. The number of carbonyl (C=O) groups excluding carboxylic acids is 1. The lowest BCUT2D eigenvalue weighted by Gasteiger charge is -2.01. The number of fused-ring (bicyclic) bond motifs is 1. The van der Waals surface area contributed by atoms with Crippen molar-refractivity contribution in [3.63, 3.8) is 0 Å². The number of hydrogen-bond acceptors (Lipinski definition) is 2. The first-order valence-electron chi connectivity index (χ1n) is 3.99. The summed E-state index contributed by atoms with van der Waals surface area (Å²) in [7, 11) is 0. The van der Waals surface area contributed by atoms with Crippen molar-refractivity contribution in [2.24, 2.45) is 0 Å². The maximum atomic E-state index is 11.3. The smallest absolute Gasteiger partial charge is 0.339 e. The van der Waals surface area contributed by atoms with Gasteiger partial charge >= 0.3 is 5.97 Å². The van der Waals surface area contributed by atoms with Gasteiger partial charge in [-0.3, -0.25) is 0 Å². The van der Waals surface area contributed by atoms with E-state index in [1.165, 1.54) is 0 Å². The summed E-state index contributed by atoms with van der Waals surface area (Å²) in [6.07, 6.45) is 1.34. The Kier molecular flexibility index (Phi) is 1.76. The fourth-order valence-electron chi connectivity index (χ4n) is 1.40. The minimum absolute atomic E-state index is 0.271. The van der Waals surface area contributed by atoms with Gasteiger partial charge in [-0.15, -0.1) is 5.73 Å². The molecule has 0 aromatic heterocycles. The summed E-state index contributed by atoms with van der Waals surface area (Å²) in [5.74, 6) is -0.271. The average molecular weight is 172 g/mol. The molecule has 1 unspecified atom stereocenters. The van der Waals surface area contributed by atoms with Crippen LogP contribution in [-0.4, -0.2) is 5.97 Å². The third kappa shape index (κ3) is 1.17. The zero-order valence-electron chi connectivity index (χ0n) is 6.99. The van der Waals surface area contributed by atoms with Crippen LogP contribution in [-0.2, 0) is 4.74 Å². The Labute approximate surface area is 76.1 Å². The van der Waals surface area contributed by atoms with Gasteiger partial charge in [0.05, 0.1) is 5.56 Å². The van der Waals surface area contributed by atoms with E-state index in [-0.39, 0.29) is 12.1 Å². The van der Waals surface area contributed by atoms with Crippen LogP contribution >= 0.6 is 0 Å². The molecule has 64 valence electrons. The fraction of sp³-hybridized carbons (Fsp3) is 0.0909. The predicted molar refractivity (Wildman–Crippen MR) is 48.3 cm³/mol.